The molecule has 1 saturated heterocycles. The summed E-state index contributed by atoms with van der Waals surface area (Å²) in [6, 6.07) is 4.56. The molecule has 28 heavy (non-hydrogen) atoms. The second kappa shape index (κ2) is 8.07. The number of ether oxygens (including phenoxy) is 1. The van der Waals surface area contributed by atoms with Crippen LogP contribution in [0.1, 0.15) is 17.9 Å². The third-order valence-electron chi connectivity index (χ3n) is 4.78. The number of rotatable bonds is 6. The average Bonchev–Trinajstić information content (AvgIpc) is 3.03. The van der Waals surface area contributed by atoms with Gasteiger partial charge < -0.3 is 25.0 Å². The number of hydrogen-bond acceptors (Lipinski definition) is 5. The minimum absolute atomic E-state index is 0.0235. The Bertz CT molecular complexity index is 924. The smallest absolute Gasteiger partial charge is 0.274 e. The first kappa shape index (κ1) is 20.0. The molecule has 150 valence electrons. The quantitative estimate of drug-likeness (QED) is 0.762. The summed E-state index contributed by atoms with van der Waals surface area (Å²) in [5, 5.41) is 9.08. The molecule has 9 heteroatoms. The molecule has 0 radical (unpaired) electrons. The van der Waals surface area contributed by atoms with Gasteiger partial charge in [0.05, 0.1) is 13.7 Å². The summed E-state index contributed by atoms with van der Waals surface area (Å²) >= 11 is 0. The first-order valence-electron chi connectivity index (χ1n) is 8.74. The van der Waals surface area contributed by atoms with Gasteiger partial charge in [-0.25, -0.2) is 8.78 Å². The highest BCUT2D eigenvalue weighted by atomic mass is 19.1. The molecule has 1 fully saturated rings. The zero-order chi connectivity index (χ0) is 20.4. The number of aliphatic hydroxyl groups excluding tert-OH is 1. The van der Waals surface area contributed by atoms with Crippen LogP contribution in [0.2, 0.25) is 0 Å². The van der Waals surface area contributed by atoms with Gasteiger partial charge in [0.1, 0.15) is 23.1 Å². The Morgan fingerprint density at radius 2 is 2.00 bits per heavy atom. The minimum atomic E-state index is -0.795. The molecule has 1 amide bonds. The molecule has 1 aromatic heterocycles. The first-order chi connectivity index (χ1) is 13.3. The van der Waals surface area contributed by atoms with E-state index in [-0.39, 0.29) is 43.1 Å². The maximum atomic E-state index is 14.4. The fourth-order valence-electron chi connectivity index (χ4n) is 3.39. The highest BCUT2D eigenvalue weighted by molar-refractivity contribution is 5.96. The second-order valence-corrected chi connectivity index (χ2v) is 6.70. The molecule has 0 aliphatic carbocycles. The van der Waals surface area contributed by atoms with E-state index < -0.39 is 35.1 Å². The molecule has 2 unspecified atom stereocenters. The van der Waals surface area contributed by atoms with E-state index in [4.69, 9.17) is 15.6 Å². The molecule has 1 aliphatic rings. The van der Waals surface area contributed by atoms with Crippen LogP contribution in [0.15, 0.2) is 35.3 Å². The predicted octanol–water partition coefficient (Wildman–Crippen LogP) is 0.975. The predicted molar refractivity (Wildman–Crippen MR) is 98.4 cm³/mol. The van der Waals surface area contributed by atoms with Gasteiger partial charge in [-0.15, -0.1) is 0 Å². The minimum Gasteiger partial charge on any atom is -0.497 e. The van der Waals surface area contributed by atoms with E-state index in [1.54, 1.807) is 6.07 Å². The Hall–Kier alpha value is -2.78. The zero-order valence-electron chi connectivity index (χ0n) is 15.3. The highest BCUT2D eigenvalue weighted by Crippen LogP contribution is 2.35. The molecule has 1 aromatic carbocycles. The third-order valence-corrected chi connectivity index (χ3v) is 4.78. The van der Waals surface area contributed by atoms with Gasteiger partial charge in [0, 0.05) is 55.4 Å². The molecule has 2 aromatic rings. The summed E-state index contributed by atoms with van der Waals surface area (Å²) in [6.45, 7) is -0.238. The number of anilines is 1. The van der Waals surface area contributed by atoms with Crippen molar-refractivity contribution in [3.05, 3.63) is 58.0 Å². The van der Waals surface area contributed by atoms with E-state index >= 15 is 0 Å². The topological polar surface area (TPSA) is 97.8 Å². The van der Waals surface area contributed by atoms with E-state index in [0.717, 1.165) is 12.1 Å². The summed E-state index contributed by atoms with van der Waals surface area (Å²) < 4.78 is 34.9. The second-order valence-electron chi connectivity index (χ2n) is 6.70. The van der Waals surface area contributed by atoms with Gasteiger partial charge in [0.2, 0.25) is 5.91 Å². The summed E-state index contributed by atoms with van der Waals surface area (Å²) in [5.74, 6) is -2.68. The Morgan fingerprint density at radius 1 is 1.32 bits per heavy atom. The van der Waals surface area contributed by atoms with Crippen molar-refractivity contribution >= 4 is 11.6 Å². The Balaban J connectivity index is 1.90. The number of amides is 1. The molecule has 3 N–H and O–H groups in total. The number of aromatic nitrogens is 1. The molecular weight excluding hydrogens is 372 g/mol. The van der Waals surface area contributed by atoms with Gasteiger partial charge in [-0.3, -0.25) is 9.59 Å². The van der Waals surface area contributed by atoms with Crippen LogP contribution in [0.4, 0.5) is 14.5 Å². The van der Waals surface area contributed by atoms with Crippen LogP contribution in [0, 0.1) is 11.6 Å². The highest BCUT2D eigenvalue weighted by Gasteiger charge is 2.36. The maximum Gasteiger partial charge on any atom is 0.274 e. The lowest BCUT2D eigenvalue weighted by molar-refractivity contribution is -0.117. The fourth-order valence-corrected chi connectivity index (χ4v) is 3.39. The van der Waals surface area contributed by atoms with E-state index in [9.17, 15) is 18.4 Å². The van der Waals surface area contributed by atoms with Crippen LogP contribution < -0.4 is 20.9 Å². The molecule has 2 atom stereocenters. The first-order valence-corrected chi connectivity index (χ1v) is 8.74. The van der Waals surface area contributed by atoms with Gasteiger partial charge in [-0.1, -0.05) is 0 Å². The lowest BCUT2D eigenvalue weighted by atomic mass is 9.97. The number of aliphatic hydroxyl groups is 1. The number of carbonyl (C=O) groups is 1. The van der Waals surface area contributed by atoms with Crippen molar-refractivity contribution in [2.24, 2.45) is 5.73 Å². The SMILES string of the molecule is COc1cc(F)c(C2CC(=O)N(c3cccn(CC(N)CO)c3=O)C2)c(F)c1. The average molecular weight is 393 g/mol. The van der Waals surface area contributed by atoms with Gasteiger partial charge in [-0.2, -0.15) is 0 Å². The van der Waals surface area contributed by atoms with Crippen molar-refractivity contribution in [1.29, 1.82) is 0 Å². The number of carbonyl (C=O) groups excluding carboxylic acids is 1. The number of halogens is 2. The normalized spacial score (nSPS) is 17.8. The van der Waals surface area contributed by atoms with Gasteiger partial charge in [-0.05, 0) is 12.1 Å². The van der Waals surface area contributed by atoms with Crippen molar-refractivity contribution in [3.63, 3.8) is 0 Å². The number of benzene rings is 1. The molecule has 0 spiro atoms. The van der Waals surface area contributed by atoms with Crippen LogP contribution in [0.5, 0.6) is 5.75 Å². The van der Waals surface area contributed by atoms with E-state index in [1.165, 1.54) is 28.8 Å². The summed E-state index contributed by atoms with van der Waals surface area (Å²) in [6.07, 6.45) is 1.38. The third kappa shape index (κ3) is 3.76. The Morgan fingerprint density at radius 3 is 2.61 bits per heavy atom. The number of nitrogens with two attached hydrogens (primary N) is 1. The maximum absolute atomic E-state index is 14.4. The van der Waals surface area contributed by atoms with E-state index in [1.807, 2.05) is 0 Å². The number of nitrogens with zero attached hydrogens (tertiary/aromatic N) is 2. The van der Waals surface area contributed by atoms with Crippen LogP contribution in [0.25, 0.3) is 0 Å². The fraction of sp³-hybridized carbons (Fsp3) is 0.368. The Kier molecular flexibility index (Phi) is 5.76. The molecule has 2 heterocycles. The summed E-state index contributed by atoms with van der Waals surface area (Å²) in [7, 11) is 1.30. The molecule has 1 aliphatic heterocycles. The van der Waals surface area contributed by atoms with Crippen LogP contribution in [-0.4, -0.2) is 41.9 Å². The molecular formula is C19H21F2N3O4. The van der Waals surface area contributed by atoms with Crippen LogP contribution in [0.3, 0.4) is 0 Å². The molecule has 7 nitrogen and oxygen atoms in total. The van der Waals surface area contributed by atoms with E-state index in [2.05, 4.69) is 0 Å². The van der Waals surface area contributed by atoms with Gasteiger partial charge in [0.15, 0.2) is 0 Å². The molecule has 0 bridgehead atoms. The van der Waals surface area contributed by atoms with Crippen molar-refractivity contribution in [1.82, 2.24) is 4.57 Å². The lowest BCUT2D eigenvalue weighted by Crippen LogP contribution is -2.37. The van der Waals surface area contributed by atoms with Crippen molar-refractivity contribution in [2.45, 2.75) is 24.9 Å². The van der Waals surface area contributed by atoms with E-state index in [0.29, 0.717) is 0 Å². The van der Waals surface area contributed by atoms with Crippen LogP contribution in [-0.2, 0) is 11.3 Å². The number of pyridine rings is 1. The standard InChI is InChI=1S/C19H21F2N3O4/c1-28-13-6-14(20)18(15(21)7-13)11-5-17(26)24(8-11)16-3-2-4-23(19(16)27)9-12(22)10-25/h2-4,6-7,11-12,25H,5,8-10,22H2,1H3. The van der Waals surface area contributed by atoms with Crippen molar-refractivity contribution in [3.8, 4) is 5.75 Å². The number of methoxy groups -OCH3 is 1. The van der Waals surface area contributed by atoms with Gasteiger partial charge in [0.25, 0.3) is 5.56 Å². The van der Waals surface area contributed by atoms with Crippen LogP contribution >= 0.6 is 0 Å². The summed E-state index contributed by atoms with van der Waals surface area (Å²) in [4.78, 5) is 26.4. The van der Waals surface area contributed by atoms with Gasteiger partial charge >= 0.3 is 0 Å². The number of hydrogen-bond donors (Lipinski definition) is 2. The monoisotopic (exact) mass is 393 g/mol. The van der Waals surface area contributed by atoms with Crippen molar-refractivity contribution in [2.75, 3.05) is 25.2 Å². The Labute approximate surface area is 159 Å². The lowest BCUT2D eigenvalue weighted by Gasteiger charge is -2.19. The largest absolute Gasteiger partial charge is 0.497 e. The van der Waals surface area contributed by atoms with Crippen molar-refractivity contribution < 1.29 is 23.4 Å². The zero-order valence-corrected chi connectivity index (χ0v) is 15.3. The molecule has 3 rings (SSSR count). The summed E-state index contributed by atoms with van der Waals surface area (Å²) in [5.41, 5.74) is 5.12. The molecule has 0 saturated carbocycles.